The van der Waals surface area contributed by atoms with E-state index in [2.05, 4.69) is 15.6 Å². The molecule has 2 rings (SSSR count). The van der Waals surface area contributed by atoms with Gasteiger partial charge in [-0.1, -0.05) is 12.1 Å². The number of carbonyl (C=O) groups excluding carboxylic acids is 1. The van der Waals surface area contributed by atoms with Crippen LogP contribution in [0.1, 0.15) is 12.0 Å². The molecule has 1 atom stereocenters. The summed E-state index contributed by atoms with van der Waals surface area (Å²) in [6.45, 7) is 0.326. The van der Waals surface area contributed by atoms with Gasteiger partial charge in [0, 0.05) is 32.7 Å². The Bertz CT molecular complexity index is 664. The van der Waals surface area contributed by atoms with E-state index in [0.29, 0.717) is 37.8 Å². The summed E-state index contributed by atoms with van der Waals surface area (Å²) >= 11 is 0. The predicted molar refractivity (Wildman–Crippen MR) is 100 cm³/mol. The summed E-state index contributed by atoms with van der Waals surface area (Å²) in [7, 11) is 1.63. The third-order valence-electron chi connectivity index (χ3n) is 4.25. The van der Waals surface area contributed by atoms with E-state index in [0.717, 1.165) is 12.0 Å². The van der Waals surface area contributed by atoms with Gasteiger partial charge in [0.15, 0.2) is 12.6 Å². The molecule has 0 saturated carbocycles. The number of nitrogens with two attached hydrogens (primary N) is 1. The minimum atomic E-state index is -4.17. The van der Waals surface area contributed by atoms with E-state index >= 15 is 0 Å². The first kappa shape index (κ1) is 21.8. The second-order valence-electron chi connectivity index (χ2n) is 6.63. The molecular formula is C18H26F3N5O2. The van der Waals surface area contributed by atoms with Crippen molar-refractivity contribution in [2.75, 3.05) is 39.8 Å². The zero-order valence-corrected chi connectivity index (χ0v) is 15.8. The van der Waals surface area contributed by atoms with Crippen LogP contribution in [0.4, 0.5) is 13.2 Å². The van der Waals surface area contributed by atoms with Crippen molar-refractivity contribution in [2.45, 2.75) is 25.1 Å². The molecule has 156 valence electrons. The van der Waals surface area contributed by atoms with Crippen LogP contribution in [0.2, 0.25) is 0 Å². The number of rotatable bonds is 8. The van der Waals surface area contributed by atoms with E-state index in [1.54, 1.807) is 19.2 Å². The predicted octanol–water partition coefficient (Wildman–Crippen LogP) is 0.895. The van der Waals surface area contributed by atoms with Crippen molar-refractivity contribution in [2.24, 2.45) is 10.7 Å². The molecule has 1 aliphatic heterocycles. The summed E-state index contributed by atoms with van der Waals surface area (Å²) in [4.78, 5) is 16.2. The lowest BCUT2D eigenvalue weighted by molar-refractivity contribution is -0.143. The van der Waals surface area contributed by atoms with E-state index in [-0.39, 0.29) is 12.6 Å². The molecule has 1 saturated heterocycles. The van der Waals surface area contributed by atoms with Crippen LogP contribution in [-0.4, -0.2) is 68.8 Å². The van der Waals surface area contributed by atoms with Crippen LogP contribution in [0.15, 0.2) is 29.3 Å². The Labute approximate surface area is 162 Å². The number of halogens is 3. The number of hydrogen-bond donors (Lipinski definition) is 3. The second-order valence-corrected chi connectivity index (χ2v) is 6.63. The molecule has 1 unspecified atom stereocenters. The first-order valence-electron chi connectivity index (χ1n) is 9.01. The Balaban J connectivity index is 1.70. The zero-order valence-electron chi connectivity index (χ0n) is 15.8. The minimum absolute atomic E-state index is 0.0600. The Kier molecular flexibility index (Phi) is 7.91. The highest BCUT2D eigenvalue weighted by molar-refractivity contribution is 5.80. The number of hydrogen-bond acceptors (Lipinski definition) is 4. The number of carbonyl (C=O) groups is 1. The second kappa shape index (κ2) is 10.2. The van der Waals surface area contributed by atoms with Gasteiger partial charge < -0.3 is 21.1 Å². The standard InChI is InChI=1S/C18H26F3N5O2/c1-23-17(25-14-7-9-26(10-14)12-18(19,20)21)24-8-6-13-2-4-15(5-3-13)28-11-16(22)27/h2-5,14H,6-12H2,1H3,(H2,22,27)(H2,23,24,25). The molecule has 0 bridgehead atoms. The van der Waals surface area contributed by atoms with Gasteiger partial charge in [-0.05, 0) is 30.5 Å². The summed E-state index contributed by atoms with van der Waals surface area (Å²) < 4.78 is 42.6. The van der Waals surface area contributed by atoms with Crippen LogP contribution in [-0.2, 0) is 11.2 Å². The quantitative estimate of drug-likeness (QED) is 0.445. The lowest BCUT2D eigenvalue weighted by atomic mass is 10.1. The topological polar surface area (TPSA) is 92.0 Å². The van der Waals surface area contributed by atoms with Gasteiger partial charge in [-0.15, -0.1) is 0 Å². The molecule has 1 heterocycles. The number of primary amides is 1. The first-order valence-corrected chi connectivity index (χ1v) is 9.01. The molecule has 0 aromatic heterocycles. The number of ether oxygens (including phenoxy) is 1. The smallest absolute Gasteiger partial charge is 0.401 e. The highest BCUT2D eigenvalue weighted by Crippen LogP contribution is 2.19. The third-order valence-corrected chi connectivity index (χ3v) is 4.25. The normalized spacial score (nSPS) is 18.1. The Hall–Kier alpha value is -2.49. The van der Waals surface area contributed by atoms with Crippen molar-refractivity contribution in [3.63, 3.8) is 0 Å². The minimum Gasteiger partial charge on any atom is -0.484 e. The summed E-state index contributed by atoms with van der Waals surface area (Å²) in [6, 6.07) is 7.24. The highest BCUT2D eigenvalue weighted by atomic mass is 19.4. The number of likely N-dealkylation sites (tertiary alicyclic amines) is 1. The molecule has 28 heavy (non-hydrogen) atoms. The molecule has 0 aliphatic carbocycles. The summed E-state index contributed by atoms with van der Waals surface area (Å²) in [5.74, 6) is 0.605. The van der Waals surface area contributed by atoms with Gasteiger partial charge in [-0.3, -0.25) is 14.7 Å². The van der Waals surface area contributed by atoms with Crippen molar-refractivity contribution in [3.05, 3.63) is 29.8 Å². The molecule has 1 fully saturated rings. The molecule has 0 spiro atoms. The van der Waals surface area contributed by atoms with E-state index in [9.17, 15) is 18.0 Å². The number of amides is 1. The van der Waals surface area contributed by atoms with Gasteiger partial charge in [0.25, 0.3) is 5.91 Å². The lowest BCUT2D eigenvalue weighted by Gasteiger charge is -2.19. The zero-order chi connectivity index (χ0) is 20.6. The molecule has 4 N–H and O–H groups in total. The number of guanidine groups is 1. The molecule has 1 amide bonds. The van der Waals surface area contributed by atoms with Gasteiger partial charge >= 0.3 is 6.18 Å². The largest absolute Gasteiger partial charge is 0.484 e. The molecule has 1 aliphatic rings. The van der Waals surface area contributed by atoms with Crippen LogP contribution in [0.25, 0.3) is 0 Å². The van der Waals surface area contributed by atoms with E-state index in [4.69, 9.17) is 10.5 Å². The molecule has 0 radical (unpaired) electrons. The van der Waals surface area contributed by atoms with Crippen LogP contribution in [0.5, 0.6) is 5.75 Å². The summed E-state index contributed by atoms with van der Waals surface area (Å²) in [5, 5.41) is 6.34. The number of aliphatic imine (C=N–C) groups is 1. The number of nitrogens with zero attached hydrogens (tertiary/aromatic N) is 2. The van der Waals surface area contributed by atoms with Crippen molar-refractivity contribution >= 4 is 11.9 Å². The third kappa shape index (κ3) is 8.03. The fourth-order valence-corrected chi connectivity index (χ4v) is 2.97. The van der Waals surface area contributed by atoms with Crippen molar-refractivity contribution in [3.8, 4) is 5.75 Å². The average molecular weight is 401 g/mol. The van der Waals surface area contributed by atoms with Crippen molar-refractivity contribution < 1.29 is 22.7 Å². The van der Waals surface area contributed by atoms with Crippen molar-refractivity contribution in [1.82, 2.24) is 15.5 Å². The molecule has 10 heteroatoms. The van der Waals surface area contributed by atoms with E-state index < -0.39 is 18.6 Å². The van der Waals surface area contributed by atoms with Gasteiger partial charge in [-0.25, -0.2) is 0 Å². The Morgan fingerprint density at radius 1 is 1.36 bits per heavy atom. The molecule has 1 aromatic rings. The van der Waals surface area contributed by atoms with E-state index in [1.807, 2.05) is 12.1 Å². The monoisotopic (exact) mass is 401 g/mol. The number of nitrogens with one attached hydrogen (secondary N) is 2. The Morgan fingerprint density at radius 2 is 2.07 bits per heavy atom. The molecular weight excluding hydrogens is 375 g/mol. The van der Waals surface area contributed by atoms with Gasteiger partial charge in [0.05, 0.1) is 6.54 Å². The fourth-order valence-electron chi connectivity index (χ4n) is 2.97. The van der Waals surface area contributed by atoms with Crippen LogP contribution >= 0.6 is 0 Å². The van der Waals surface area contributed by atoms with Gasteiger partial charge in [0.1, 0.15) is 5.75 Å². The maximum atomic E-state index is 12.5. The molecule has 7 nitrogen and oxygen atoms in total. The molecule has 1 aromatic carbocycles. The van der Waals surface area contributed by atoms with Crippen LogP contribution < -0.4 is 21.1 Å². The van der Waals surface area contributed by atoms with Gasteiger partial charge in [-0.2, -0.15) is 13.2 Å². The van der Waals surface area contributed by atoms with Crippen LogP contribution in [0.3, 0.4) is 0 Å². The van der Waals surface area contributed by atoms with Crippen molar-refractivity contribution in [1.29, 1.82) is 0 Å². The average Bonchev–Trinajstić information content (AvgIpc) is 3.05. The summed E-state index contributed by atoms with van der Waals surface area (Å²) in [6.07, 6.45) is -2.81. The number of benzene rings is 1. The van der Waals surface area contributed by atoms with Gasteiger partial charge in [0.2, 0.25) is 0 Å². The maximum absolute atomic E-state index is 12.5. The Morgan fingerprint density at radius 3 is 2.68 bits per heavy atom. The number of alkyl halides is 3. The highest BCUT2D eigenvalue weighted by Gasteiger charge is 2.34. The van der Waals surface area contributed by atoms with E-state index in [1.165, 1.54) is 4.90 Å². The summed E-state index contributed by atoms with van der Waals surface area (Å²) in [5.41, 5.74) is 6.09. The fraction of sp³-hybridized carbons (Fsp3) is 0.556. The first-order chi connectivity index (χ1) is 13.2. The lowest BCUT2D eigenvalue weighted by Crippen LogP contribution is -2.45. The maximum Gasteiger partial charge on any atom is 0.401 e. The SMILES string of the molecule is CN=C(NCCc1ccc(OCC(N)=O)cc1)NC1CCN(CC(F)(F)F)C1. The van der Waals surface area contributed by atoms with Crippen LogP contribution in [0, 0.1) is 0 Å².